The van der Waals surface area contributed by atoms with Gasteiger partial charge in [-0.1, -0.05) is 30.3 Å². The Morgan fingerprint density at radius 3 is 2.26 bits per heavy atom. The molecule has 1 unspecified atom stereocenters. The van der Waals surface area contributed by atoms with Crippen LogP contribution in [0.2, 0.25) is 0 Å². The molecule has 0 spiro atoms. The van der Waals surface area contributed by atoms with E-state index in [1.165, 1.54) is 0 Å². The summed E-state index contributed by atoms with van der Waals surface area (Å²) in [5.74, 6) is -3.09. The summed E-state index contributed by atoms with van der Waals surface area (Å²) < 4.78 is 56.5. The number of benzene rings is 3. The van der Waals surface area contributed by atoms with Crippen LogP contribution in [0.5, 0.6) is 17.2 Å². The number of carboxylic acid groups (broad SMARTS) is 1. The number of ether oxygens (including phenoxy) is 3. The van der Waals surface area contributed by atoms with Crippen LogP contribution < -0.4 is 9.47 Å². The highest BCUT2D eigenvalue weighted by Gasteiger charge is 2.37. The Kier molecular flexibility index (Phi) is 7.01. The van der Waals surface area contributed by atoms with Gasteiger partial charge in [-0.3, -0.25) is 4.79 Å². The first-order valence-corrected chi connectivity index (χ1v) is 11.6. The van der Waals surface area contributed by atoms with Gasteiger partial charge < -0.3 is 24.4 Å². The van der Waals surface area contributed by atoms with Crippen molar-refractivity contribution in [3.63, 3.8) is 0 Å². The number of phenols is 1. The maximum atomic E-state index is 13.3. The fourth-order valence-electron chi connectivity index (χ4n) is 4.04. The molecule has 3 aromatic rings. The third-order valence-corrected chi connectivity index (χ3v) is 5.85. The van der Waals surface area contributed by atoms with Crippen LogP contribution in [0.1, 0.15) is 53.7 Å². The number of esters is 1. The number of carbonyl (C=O) groups excluding carboxylic acids is 1. The van der Waals surface area contributed by atoms with E-state index in [2.05, 4.69) is 0 Å². The molecule has 1 heterocycles. The van der Waals surface area contributed by atoms with Crippen LogP contribution in [-0.4, -0.2) is 34.4 Å². The average molecular weight is 530 g/mol. The smallest absolute Gasteiger partial charge is 0.419 e. The van der Waals surface area contributed by atoms with Crippen molar-refractivity contribution in [2.75, 3.05) is 6.61 Å². The molecule has 0 amide bonds. The van der Waals surface area contributed by atoms with Gasteiger partial charge >= 0.3 is 18.1 Å². The summed E-state index contributed by atoms with van der Waals surface area (Å²) in [5.41, 5.74) is -0.726. The minimum Gasteiger partial charge on any atom is -0.506 e. The molecular formula is C28H25F3O7. The molecule has 1 atom stereocenters. The van der Waals surface area contributed by atoms with Crippen molar-refractivity contribution in [1.29, 1.82) is 0 Å². The molecule has 4 rings (SSSR count). The molecule has 3 aromatic carbocycles. The first-order chi connectivity index (χ1) is 17.7. The summed E-state index contributed by atoms with van der Waals surface area (Å²) in [7, 11) is 0. The van der Waals surface area contributed by atoms with Crippen molar-refractivity contribution < 1.29 is 47.2 Å². The molecule has 7 nitrogen and oxygen atoms in total. The van der Waals surface area contributed by atoms with Gasteiger partial charge in [-0.25, -0.2) is 4.79 Å². The summed E-state index contributed by atoms with van der Waals surface area (Å²) in [5, 5.41) is 19.6. The number of hydrogen-bond acceptors (Lipinski definition) is 6. The first kappa shape index (κ1) is 26.8. The third kappa shape index (κ3) is 5.69. The van der Waals surface area contributed by atoms with Gasteiger partial charge in [-0.2, -0.15) is 13.2 Å². The monoisotopic (exact) mass is 530 g/mol. The molecule has 38 heavy (non-hydrogen) atoms. The van der Waals surface area contributed by atoms with E-state index in [1.54, 1.807) is 63.2 Å². The fraction of sp³-hybridized carbons (Fsp3) is 0.286. The summed E-state index contributed by atoms with van der Waals surface area (Å²) in [6, 6.07) is 13.8. The number of carbonyl (C=O) groups is 2. The largest absolute Gasteiger partial charge is 0.506 e. The molecule has 200 valence electrons. The Morgan fingerprint density at radius 2 is 1.66 bits per heavy atom. The lowest BCUT2D eigenvalue weighted by Gasteiger charge is -2.22. The number of aromatic hydroxyl groups is 1. The highest BCUT2D eigenvalue weighted by molar-refractivity contribution is 5.95. The van der Waals surface area contributed by atoms with E-state index < -0.39 is 46.5 Å². The highest BCUT2D eigenvalue weighted by Crippen LogP contribution is 2.40. The van der Waals surface area contributed by atoms with Crippen LogP contribution in [0.15, 0.2) is 54.6 Å². The van der Waals surface area contributed by atoms with E-state index in [-0.39, 0.29) is 18.8 Å². The van der Waals surface area contributed by atoms with Crippen LogP contribution >= 0.6 is 0 Å². The molecule has 0 aliphatic carbocycles. The van der Waals surface area contributed by atoms with Crippen LogP contribution in [0.4, 0.5) is 13.2 Å². The zero-order valence-electron chi connectivity index (χ0n) is 20.8. The van der Waals surface area contributed by atoms with Crippen LogP contribution in [-0.2, 0) is 22.3 Å². The van der Waals surface area contributed by atoms with Gasteiger partial charge in [-0.15, -0.1) is 0 Å². The summed E-state index contributed by atoms with van der Waals surface area (Å²) >= 11 is 0. The van der Waals surface area contributed by atoms with E-state index in [9.17, 15) is 33.0 Å². The Labute approximate surface area is 216 Å². The van der Waals surface area contributed by atoms with Gasteiger partial charge in [0.2, 0.25) is 0 Å². The van der Waals surface area contributed by atoms with Gasteiger partial charge in [0.25, 0.3) is 0 Å². The van der Waals surface area contributed by atoms with Crippen molar-refractivity contribution in [3.05, 3.63) is 76.9 Å². The minimum atomic E-state index is -4.87. The maximum absolute atomic E-state index is 13.3. The summed E-state index contributed by atoms with van der Waals surface area (Å²) in [4.78, 5) is 24.0. The molecule has 1 aliphatic rings. The lowest BCUT2D eigenvalue weighted by atomic mass is 9.97. The highest BCUT2D eigenvalue weighted by atomic mass is 19.4. The lowest BCUT2D eigenvalue weighted by molar-refractivity contribution is -0.139. The van der Waals surface area contributed by atoms with Gasteiger partial charge in [0.05, 0.1) is 5.56 Å². The number of alkyl halides is 3. The van der Waals surface area contributed by atoms with Gasteiger partial charge in [0.1, 0.15) is 47.5 Å². The molecule has 10 heteroatoms. The second-order valence-electron chi connectivity index (χ2n) is 9.76. The van der Waals surface area contributed by atoms with E-state index in [4.69, 9.17) is 14.2 Å². The van der Waals surface area contributed by atoms with E-state index in [0.717, 1.165) is 17.2 Å². The van der Waals surface area contributed by atoms with Gasteiger partial charge in [-0.05, 0) is 56.2 Å². The van der Waals surface area contributed by atoms with Crippen molar-refractivity contribution in [1.82, 2.24) is 0 Å². The number of rotatable bonds is 6. The summed E-state index contributed by atoms with van der Waals surface area (Å²) in [6.45, 7) is 4.45. The topological polar surface area (TPSA) is 102 Å². The average Bonchev–Trinajstić information content (AvgIpc) is 3.24. The molecule has 0 saturated carbocycles. The maximum Gasteiger partial charge on any atom is 0.419 e. The SMILES string of the molecule is CC(C)(C)OC(=O)c1c(COc2ccc(-c3ccc4c(c3)OCC4C(=O)O)cc2)ccc(C(F)(F)F)c1O. The standard InChI is InChI=1S/C28H25F3O7/c1-27(2,3)38-26(35)23-17(7-11-21(24(23)32)28(29,30)31)13-36-18-8-4-15(5-9-18)16-6-10-19-20(25(33)34)14-37-22(19)12-16/h4-12,20,32H,13-14H2,1-3H3,(H,33,34). The quantitative estimate of drug-likeness (QED) is 0.367. The molecule has 0 radical (unpaired) electrons. The molecule has 0 saturated heterocycles. The van der Waals surface area contributed by atoms with Crippen molar-refractivity contribution in [2.45, 2.75) is 45.1 Å². The predicted molar refractivity (Wildman–Crippen MR) is 130 cm³/mol. The second-order valence-corrected chi connectivity index (χ2v) is 9.76. The van der Waals surface area contributed by atoms with Gasteiger partial charge in [0.15, 0.2) is 0 Å². The fourth-order valence-corrected chi connectivity index (χ4v) is 4.04. The van der Waals surface area contributed by atoms with E-state index in [0.29, 0.717) is 23.1 Å². The summed E-state index contributed by atoms with van der Waals surface area (Å²) in [6.07, 6.45) is -4.87. The zero-order chi connectivity index (χ0) is 27.8. The van der Waals surface area contributed by atoms with E-state index >= 15 is 0 Å². The number of halogens is 3. The van der Waals surface area contributed by atoms with E-state index in [1.807, 2.05) is 0 Å². The van der Waals surface area contributed by atoms with Crippen molar-refractivity contribution in [2.24, 2.45) is 0 Å². The third-order valence-electron chi connectivity index (χ3n) is 5.85. The van der Waals surface area contributed by atoms with Crippen LogP contribution in [0.3, 0.4) is 0 Å². The molecule has 0 fully saturated rings. The Hall–Kier alpha value is -4.21. The van der Waals surface area contributed by atoms with Crippen molar-refractivity contribution in [3.8, 4) is 28.4 Å². The van der Waals surface area contributed by atoms with Crippen molar-refractivity contribution >= 4 is 11.9 Å². The lowest BCUT2D eigenvalue weighted by Crippen LogP contribution is -2.25. The normalized spacial score (nSPS) is 14.9. The zero-order valence-corrected chi connectivity index (χ0v) is 20.8. The van der Waals surface area contributed by atoms with Crippen LogP contribution in [0.25, 0.3) is 11.1 Å². The minimum absolute atomic E-state index is 0.0255. The second kappa shape index (κ2) is 9.92. The molecule has 0 bridgehead atoms. The number of fused-ring (bicyclic) bond motifs is 1. The number of hydrogen-bond donors (Lipinski definition) is 2. The number of aliphatic carboxylic acids is 1. The Balaban J connectivity index is 1.54. The molecule has 0 aromatic heterocycles. The van der Waals surface area contributed by atoms with Crippen LogP contribution in [0, 0.1) is 0 Å². The van der Waals surface area contributed by atoms with Gasteiger partial charge in [0, 0.05) is 11.1 Å². The first-order valence-electron chi connectivity index (χ1n) is 11.6. The Morgan fingerprint density at radius 1 is 1.00 bits per heavy atom. The predicted octanol–water partition coefficient (Wildman–Crippen LogP) is 6.17. The number of phenolic OH excluding ortho intramolecular Hbond substituents is 1. The molecule has 2 N–H and O–H groups in total. The Bertz CT molecular complexity index is 1370. The molecular weight excluding hydrogens is 505 g/mol. The number of carboxylic acids is 1. The molecule has 1 aliphatic heterocycles.